The van der Waals surface area contributed by atoms with Gasteiger partial charge < -0.3 is 15.5 Å². The first kappa shape index (κ1) is 16.6. The third-order valence-electron chi connectivity index (χ3n) is 6.42. The van der Waals surface area contributed by atoms with Crippen LogP contribution < -0.4 is 11.1 Å². The summed E-state index contributed by atoms with van der Waals surface area (Å²) in [5.74, 6) is 2.17. The molecule has 2 aliphatic rings. The number of hydrogen-bond donors (Lipinski definition) is 2. The molecule has 3 unspecified atom stereocenters. The van der Waals surface area contributed by atoms with Crippen molar-refractivity contribution in [1.82, 2.24) is 5.32 Å². The van der Waals surface area contributed by atoms with Crippen molar-refractivity contribution in [3.8, 4) is 0 Å². The van der Waals surface area contributed by atoms with Crippen LogP contribution in [-0.4, -0.2) is 11.9 Å². The van der Waals surface area contributed by atoms with E-state index in [2.05, 4.69) is 18.3 Å². The number of furan rings is 1. The number of carbonyl (C=O) groups excluding carboxylic acids is 1. The minimum absolute atomic E-state index is 0.0993. The van der Waals surface area contributed by atoms with E-state index in [1.165, 1.54) is 19.3 Å². The van der Waals surface area contributed by atoms with Crippen LogP contribution in [-0.2, 0) is 4.79 Å². The van der Waals surface area contributed by atoms with Crippen molar-refractivity contribution >= 4 is 16.9 Å². The highest BCUT2D eigenvalue weighted by molar-refractivity contribution is 5.83. The normalized spacial score (nSPS) is 30.2. The first-order valence-electron chi connectivity index (χ1n) is 9.58. The van der Waals surface area contributed by atoms with Crippen LogP contribution >= 0.6 is 0 Å². The molecule has 0 spiro atoms. The van der Waals surface area contributed by atoms with Gasteiger partial charge in [0.2, 0.25) is 5.91 Å². The molecule has 25 heavy (non-hydrogen) atoms. The van der Waals surface area contributed by atoms with E-state index >= 15 is 0 Å². The molecular weight excluding hydrogens is 312 g/mol. The molecule has 0 radical (unpaired) electrons. The third kappa shape index (κ3) is 2.97. The highest BCUT2D eigenvalue weighted by atomic mass is 16.3. The molecule has 4 heteroatoms. The molecule has 1 aromatic heterocycles. The average Bonchev–Trinajstić information content (AvgIpc) is 2.92. The number of para-hydroxylation sites is 1. The second-order valence-corrected chi connectivity index (χ2v) is 8.01. The van der Waals surface area contributed by atoms with Crippen LogP contribution in [0.15, 0.2) is 28.7 Å². The molecule has 4 nitrogen and oxygen atoms in total. The van der Waals surface area contributed by atoms with Gasteiger partial charge >= 0.3 is 0 Å². The lowest BCUT2D eigenvalue weighted by atomic mass is 9.65. The molecule has 2 fully saturated rings. The summed E-state index contributed by atoms with van der Waals surface area (Å²) in [6.45, 7) is 4.08. The van der Waals surface area contributed by atoms with E-state index in [9.17, 15) is 4.79 Å². The molecule has 4 rings (SSSR count). The van der Waals surface area contributed by atoms with Gasteiger partial charge in [0.1, 0.15) is 11.3 Å². The van der Waals surface area contributed by atoms with Gasteiger partial charge in [-0.2, -0.15) is 0 Å². The molecule has 2 aromatic rings. The van der Waals surface area contributed by atoms with Crippen LogP contribution in [0.2, 0.25) is 0 Å². The van der Waals surface area contributed by atoms with E-state index in [0.717, 1.165) is 35.1 Å². The van der Waals surface area contributed by atoms with Gasteiger partial charge in [-0.15, -0.1) is 0 Å². The Labute approximate surface area is 149 Å². The molecule has 3 N–H and O–H groups in total. The molecule has 1 heterocycles. The third-order valence-corrected chi connectivity index (χ3v) is 6.42. The largest absolute Gasteiger partial charge is 0.459 e. The molecule has 0 aliphatic heterocycles. The minimum atomic E-state index is -0.115. The van der Waals surface area contributed by atoms with Crippen molar-refractivity contribution in [2.24, 2.45) is 23.5 Å². The van der Waals surface area contributed by atoms with Crippen LogP contribution in [0.5, 0.6) is 0 Å². The number of amides is 1. The van der Waals surface area contributed by atoms with E-state index in [0.29, 0.717) is 17.9 Å². The Balaban J connectivity index is 1.47. The monoisotopic (exact) mass is 340 g/mol. The predicted molar refractivity (Wildman–Crippen MR) is 99.0 cm³/mol. The number of benzene rings is 1. The van der Waals surface area contributed by atoms with Crippen LogP contribution in [0.3, 0.4) is 0 Å². The number of aryl methyl sites for hydroxylation is 1. The first-order valence-corrected chi connectivity index (χ1v) is 9.58. The fourth-order valence-corrected chi connectivity index (χ4v) is 5.01. The molecule has 1 amide bonds. The summed E-state index contributed by atoms with van der Waals surface area (Å²) >= 11 is 0. The maximum absolute atomic E-state index is 12.9. The van der Waals surface area contributed by atoms with Gasteiger partial charge in [0.25, 0.3) is 0 Å². The van der Waals surface area contributed by atoms with Crippen LogP contribution in [0.25, 0.3) is 11.0 Å². The Morgan fingerprint density at radius 2 is 1.92 bits per heavy atom. The SMILES string of the molecule is Cc1c(C(C)NC(=O)C2CC3CCCC(C2)C3N)oc2ccccc12. The number of hydrogen-bond acceptors (Lipinski definition) is 3. The van der Waals surface area contributed by atoms with Crippen molar-refractivity contribution in [1.29, 1.82) is 0 Å². The number of nitrogens with two attached hydrogens (primary N) is 1. The molecule has 1 aromatic carbocycles. The second kappa shape index (κ2) is 6.49. The van der Waals surface area contributed by atoms with Crippen molar-refractivity contribution in [2.75, 3.05) is 0 Å². The van der Waals surface area contributed by atoms with Gasteiger partial charge in [-0.1, -0.05) is 24.6 Å². The summed E-state index contributed by atoms with van der Waals surface area (Å²) in [7, 11) is 0. The van der Waals surface area contributed by atoms with Crippen LogP contribution in [0.4, 0.5) is 0 Å². The topological polar surface area (TPSA) is 68.3 Å². The highest BCUT2D eigenvalue weighted by Gasteiger charge is 2.40. The van der Waals surface area contributed by atoms with Gasteiger partial charge in [-0.3, -0.25) is 4.79 Å². The summed E-state index contributed by atoms with van der Waals surface area (Å²) < 4.78 is 6.01. The highest BCUT2D eigenvalue weighted by Crippen LogP contribution is 2.42. The fourth-order valence-electron chi connectivity index (χ4n) is 5.01. The lowest BCUT2D eigenvalue weighted by Gasteiger charge is -2.43. The maximum atomic E-state index is 12.9. The van der Waals surface area contributed by atoms with Crippen molar-refractivity contribution in [3.05, 3.63) is 35.6 Å². The van der Waals surface area contributed by atoms with Gasteiger partial charge in [0.15, 0.2) is 0 Å². The second-order valence-electron chi connectivity index (χ2n) is 8.01. The van der Waals surface area contributed by atoms with Crippen LogP contribution in [0.1, 0.15) is 56.4 Å². The lowest BCUT2D eigenvalue weighted by molar-refractivity contribution is -0.128. The summed E-state index contributed by atoms with van der Waals surface area (Å²) in [6.07, 6.45) is 5.51. The van der Waals surface area contributed by atoms with Crippen molar-refractivity contribution < 1.29 is 9.21 Å². The predicted octanol–water partition coefficient (Wildman–Crippen LogP) is 4.07. The Kier molecular flexibility index (Phi) is 4.32. The van der Waals surface area contributed by atoms with Gasteiger partial charge in [-0.25, -0.2) is 0 Å². The Morgan fingerprint density at radius 3 is 2.60 bits per heavy atom. The quantitative estimate of drug-likeness (QED) is 0.885. The molecule has 134 valence electrons. The van der Waals surface area contributed by atoms with Crippen molar-refractivity contribution in [2.45, 2.75) is 58.0 Å². The maximum Gasteiger partial charge on any atom is 0.223 e. The van der Waals surface area contributed by atoms with Crippen LogP contribution in [0, 0.1) is 24.7 Å². The lowest BCUT2D eigenvalue weighted by Crippen LogP contribution is -2.49. The summed E-state index contributed by atoms with van der Waals surface area (Å²) in [6, 6.07) is 8.22. The van der Waals surface area contributed by atoms with Crippen molar-refractivity contribution in [3.63, 3.8) is 0 Å². The molecule has 2 aliphatic carbocycles. The van der Waals surface area contributed by atoms with Gasteiger partial charge in [0.05, 0.1) is 6.04 Å². The van der Waals surface area contributed by atoms with Gasteiger partial charge in [0, 0.05) is 22.9 Å². The van der Waals surface area contributed by atoms with Gasteiger partial charge in [-0.05, 0) is 57.4 Å². The minimum Gasteiger partial charge on any atom is -0.459 e. The van der Waals surface area contributed by atoms with E-state index < -0.39 is 0 Å². The smallest absolute Gasteiger partial charge is 0.223 e. The standard InChI is InChI=1S/C21H28N2O2/c1-12-17-8-3-4-9-18(17)25-20(12)13(2)23-21(24)16-10-14-6-5-7-15(11-16)19(14)22/h3-4,8-9,13-16,19H,5-7,10-11,22H2,1-2H3,(H,23,24). The zero-order chi connectivity index (χ0) is 17.6. The van der Waals surface area contributed by atoms with E-state index in [1.807, 2.05) is 25.1 Å². The zero-order valence-electron chi connectivity index (χ0n) is 15.1. The van der Waals surface area contributed by atoms with E-state index in [4.69, 9.17) is 10.2 Å². The number of rotatable bonds is 3. The molecular formula is C21H28N2O2. The average molecular weight is 340 g/mol. The fraction of sp³-hybridized carbons (Fsp3) is 0.571. The number of fused-ring (bicyclic) bond motifs is 3. The molecule has 3 atom stereocenters. The van der Waals surface area contributed by atoms with E-state index in [1.54, 1.807) is 0 Å². The summed E-state index contributed by atoms with van der Waals surface area (Å²) in [5.41, 5.74) is 8.36. The Morgan fingerprint density at radius 1 is 1.24 bits per heavy atom. The Hall–Kier alpha value is -1.81. The molecule has 0 saturated heterocycles. The Bertz CT molecular complexity index is 767. The zero-order valence-corrected chi connectivity index (χ0v) is 15.1. The number of carbonyl (C=O) groups is 1. The molecule has 2 bridgehead atoms. The summed E-state index contributed by atoms with van der Waals surface area (Å²) in [4.78, 5) is 12.9. The number of nitrogens with one attached hydrogen (secondary N) is 1. The summed E-state index contributed by atoms with van der Waals surface area (Å²) in [5, 5.41) is 4.32. The first-order chi connectivity index (χ1) is 12.0. The molecule has 2 saturated carbocycles. The van der Waals surface area contributed by atoms with E-state index in [-0.39, 0.29) is 17.9 Å².